The van der Waals surface area contributed by atoms with E-state index in [4.69, 9.17) is 10.5 Å². The van der Waals surface area contributed by atoms with E-state index in [-0.39, 0.29) is 5.25 Å². The molecule has 0 spiro atoms. The minimum Gasteiger partial charge on any atom is -0.493 e. The Kier molecular flexibility index (Phi) is 5.49. The van der Waals surface area contributed by atoms with E-state index in [2.05, 4.69) is 0 Å². The van der Waals surface area contributed by atoms with Gasteiger partial charge in [0.05, 0.1) is 12.4 Å². The van der Waals surface area contributed by atoms with Gasteiger partial charge in [0.25, 0.3) is 0 Å². The molecular weight excluding hydrogens is 222 g/mol. The molecule has 1 atom stereocenters. The molecule has 4 heteroatoms. The molecule has 0 bridgehead atoms. The number of nitrogens with two attached hydrogens (primary N) is 1. The standard InChI is InChI=1S/C12H19NO2S/c1-10(2)16(14)7-6-15-12-5-3-4-11(8-12)9-13/h3-5,8,10H,6-7,9,13H2,1-2H3. The van der Waals surface area contributed by atoms with Crippen molar-refractivity contribution in [2.75, 3.05) is 12.4 Å². The number of hydrogen-bond donors (Lipinski definition) is 1. The molecule has 90 valence electrons. The first-order valence-electron chi connectivity index (χ1n) is 5.42. The molecule has 0 aliphatic heterocycles. The van der Waals surface area contributed by atoms with Crippen LogP contribution in [-0.4, -0.2) is 21.8 Å². The van der Waals surface area contributed by atoms with Crippen LogP contribution in [0.25, 0.3) is 0 Å². The number of ether oxygens (including phenoxy) is 1. The van der Waals surface area contributed by atoms with E-state index in [0.717, 1.165) is 11.3 Å². The van der Waals surface area contributed by atoms with Crippen LogP contribution >= 0.6 is 0 Å². The molecule has 3 nitrogen and oxygen atoms in total. The Morgan fingerprint density at radius 1 is 1.44 bits per heavy atom. The van der Waals surface area contributed by atoms with Gasteiger partial charge in [-0.1, -0.05) is 26.0 Å². The second-order valence-corrected chi connectivity index (χ2v) is 5.95. The summed E-state index contributed by atoms with van der Waals surface area (Å²) < 4.78 is 17.0. The Bertz CT molecular complexity index is 353. The van der Waals surface area contributed by atoms with Crippen molar-refractivity contribution in [2.24, 2.45) is 5.73 Å². The second-order valence-electron chi connectivity index (χ2n) is 3.83. The van der Waals surface area contributed by atoms with Gasteiger partial charge >= 0.3 is 0 Å². The zero-order chi connectivity index (χ0) is 12.0. The van der Waals surface area contributed by atoms with Gasteiger partial charge in [0.15, 0.2) is 0 Å². The molecule has 0 fully saturated rings. The normalized spacial score (nSPS) is 12.8. The van der Waals surface area contributed by atoms with Crippen molar-refractivity contribution in [2.45, 2.75) is 25.6 Å². The van der Waals surface area contributed by atoms with Crippen molar-refractivity contribution < 1.29 is 8.95 Å². The third-order valence-corrected chi connectivity index (χ3v) is 3.83. The number of hydrogen-bond acceptors (Lipinski definition) is 3. The first-order valence-corrected chi connectivity index (χ1v) is 6.80. The predicted octanol–water partition coefficient (Wildman–Crippen LogP) is 1.68. The molecule has 1 rings (SSSR count). The summed E-state index contributed by atoms with van der Waals surface area (Å²) in [7, 11) is -0.802. The SMILES string of the molecule is CC(C)S(=O)CCOc1cccc(CN)c1. The van der Waals surface area contributed by atoms with Crippen molar-refractivity contribution in [3.8, 4) is 5.75 Å². The highest BCUT2D eigenvalue weighted by atomic mass is 32.2. The maximum Gasteiger partial charge on any atom is 0.119 e. The van der Waals surface area contributed by atoms with Gasteiger partial charge < -0.3 is 10.5 Å². The molecule has 0 radical (unpaired) electrons. The molecule has 0 aliphatic carbocycles. The van der Waals surface area contributed by atoms with Crippen LogP contribution < -0.4 is 10.5 Å². The van der Waals surface area contributed by atoms with Gasteiger partial charge in [-0.05, 0) is 17.7 Å². The summed E-state index contributed by atoms with van der Waals surface area (Å²) in [5, 5.41) is 0.193. The van der Waals surface area contributed by atoms with E-state index < -0.39 is 10.8 Å². The van der Waals surface area contributed by atoms with Crippen molar-refractivity contribution in [3.63, 3.8) is 0 Å². The van der Waals surface area contributed by atoms with Crippen LogP contribution in [0.3, 0.4) is 0 Å². The lowest BCUT2D eigenvalue weighted by Crippen LogP contribution is -2.15. The molecule has 16 heavy (non-hydrogen) atoms. The van der Waals surface area contributed by atoms with Crippen LogP contribution in [0.4, 0.5) is 0 Å². The molecule has 0 saturated carbocycles. The van der Waals surface area contributed by atoms with Gasteiger partial charge in [0.1, 0.15) is 5.75 Å². The maximum absolute atomic E-state index is 11.5. The largest absolute Gasteiger partial charge is 0.493 e. The topological polar surface area (TPSA) is 52.3 Å². The fraction of sp³-hybridized carbons (Fsp3) is 0.500. The summed E-state index contributed by atoms with van der Waals surface area (Å²) in [6, 6.07) is 7.67. The van der Waals surface area contributed by atoms with Gasteiger partial charge in [-0.3, -0.25) is 4.21 Å². The Labute approximate surface area is 99.4 Å². The van der Waals surface area contributed by atoms with E-state index in [9.17, 15) is 4.21 Å². The molecule has 0 saturated heterocycles. The minimum absolute atomic E-state index is 0.193. The summed E-state index contributed by atoms with van der Waals surface area (Å²) in [5.41, 5.74) is 6.58. The van der Waals surface area contributed by atoms with Gasteiger partial charge in [0, 0.05) is 22.6 Å². The highest BCUT2D eigenvalue weighted by molar-refractivity contribution is 7.85. The van der Waals surface area contributed by atoms with Crippen LogP contribution in [-0.2, 0) is 17.3 Å². The molecule has 1 unspecified atom stereocenters. The van der Waals surface area contributed by atoms with Gasteiger partial charge in [-0.15, -0.1) is 0 Å². The fourth-order valence-corrected chi connectivity index (χ4v) is 1.96. The van der Waals surface area contributed by atoms with Gasteiger partial charge in [-0.25, -0.2) is 0 Å². The molecule has 2 N–H and O–H groups in total. The molecule has 0 heterocycles. The van der Waals surface area contributed by atoms with Crippen LogP contribution in [0.5, 0.6) is 5.75 Å². The second kappa shape index (κ2) is 6.66. The minimum atomic E-state index is -0.802. The van der Waals surface area contributed by atoms with E-state index in [1.807, 2.05) is 38.1 Å². The van der Waals surface area contributed by atoms with Crippen LogP contribution in [0.15, 0.2) is 24.3 Å². The molecule has 0 aliphatic rings. The smallest absolute Gasteiger partial charge is 0.119 e. The first kappa shape index (κ1) is 13.2. The summed E-state index contributed by atoms with van der Waals surface area (Å²) in [6.07, 6.45) is 0. The Hall–Kier alpha value is -0.870. The van der Waals surface area contributed by atoms with Crippen molar-refractivity contribution in [3.05, 3.63) is 29.8 Å². The Balaban J connectivity index is 2.40. The zero-order valence-electron chi connectivity index (χ0n) is 9.81. The Morgan fingerprint density at radius 3 is 2.81 bits per heavy atom. The molecular formula is C12H19NO2S. The highest BCUT2D eigenvalue weighted by Crippen LogP contribution is 2.12. The van der Waals surface area contributed by atoms with Crippen molar-refractivity contribution in [1.82, 2.24) is 0 Å². The van der Waals surface area contributed by atoms with Gasteiger partial charge in [0.2, 0.25) is 0 Å². The number of benzene rings is 1. The lowest BCUT2D eigenvalue weighted by molar-refractivity contribution is 0.342. The molecule has 0 aromatic heterocycles. The van der Waals surface area contributed by atoms with Crippen LogP contribution in [0.2, 0.25) is 0 Å². The summed E-state index contributed by atoms with van der Waals surface area (Å²) in [6.45, 7) is 4.89. The maximum atomic E-state index is 11.5. The Morgan fingerprint density at radius 2 is 2.19 bits per heavy atom. The summed E-state index contributed by atoms with van der Waals surface area (Å²) in [4.78, 5) is 0. The number of rotatable bonds is 6. The molecule has 1 aromatic carbocycles. The zero-order valence-corrected chi connectivity index (χ0v) is 10.6. The van der Waals surface area contributed by atoms with E-state index in [0.29, 0.717) is 18.9 Å². The molecule has 1 aromatic rings. The van der Waals surface area contributed by atoms with E-state index in [1.165, 1.54) is 0 Å². The van der Waals surface area contributed by atoms with E-state index in [1.54, 1.807) is 0 Å². The third kappa shape index (κ3) is 4.33. The lowest BCUT2D eigenvalue weighted by atomic mass is 10.2. The van der Waals surface area contributed by atoms with E-state index >= 15 is 0 Å². The summed E-state index contributed by atoms with van der Waals surface area (Å²) in [5.74, 6) is 1.37. The average Bonchev–Trinajstić information content (AvgIpc) is 2.29. The monoisotopic (exact) mass is 241 g/mol. The van der Waals surface area contributed by atoms with Crippen LogP contribution in [0, 0.1) is 0 Å². The van der Waals surface area contributed by atoms with Crippen LogP contribution in [0.1, 0.15) is 19.4 Å². The van der Waals surface area contributed by atoms with Crippen molar-refractivity contribution >= 4 is 10.8 Å². The quantitative estimate of drug-likeness (QED) is 0.824. The average molecular weight is 241 g/mol. The summed E-state index contributed by atoms with van der Waals surface area (Å²) >= 11 is 0. The first-order chi connectivity index (χ1) is 7.63. The predicted molar refractivity (Wildman–Crippen MR) is 68.0 cm³/mol. The fourth-order valence-electron chi connectivity index (χ4n) is 1.24. The third-order valence-electron chi connectivity index (χ3n) is 2.21. The highest BCUT2D eigenvalue weighted by Gasteiger charge is 2.04. The lowest BCUT2D eigenvalue weighted by Gasteiger charge is -2.08. The molecule has 0 amide bonds. The van der Waals surface area contributed by atoms with Crippen molar-refractivity contribution in [1.29, 1.82) is 0 Å². The van der Waals surface area contributed by atoms with Gasteiger partial charge in [-0.2, -0.15) is 0 Å².